The number of hydrogen-bond acceptors (Lipinski definition) is 2. The fourth-order valence-corrected chi connectivity index (χ4v) is 2.22. The summed E-state index contributed by atoms with van der Waals surface area (Å²) in [5.74, 6) is 0. The molecular weight excluding hydrogens is 296 g/mol. The Morgan fingerprint density at radius 2 is 2.00 bits per heavy atom. The van der Waals surface area contributed by atoms with Crippen molar-refractivity contribution in [2.45, 2.75) is 19.9 Å². The minimum Gasteiger partial charge on any atom is -0.449 e. The SMILES string of the molecule is CC1(C)COC(=O)N[C@@H]1c1ccc(Cl)c(Cl)c1.Cl. The van der Waals surface area contributed by atoms with Crippen LogP contribution in [0.5, 0.6) is 0 Å². The number of ether oxygens (including phenoxy) is 1. The van der Waals surface area contributed by atoms with Crippen molar-refractivity contribution in [3.63, 3.8) is 0 Å². The lowest BCUT2D eigenvalue weighted by atomic mass is 9.80. The summed E-state index contributed by atoms with van der Waals surface area (Å²) in [5.41, 5.74) is 0.742. The Balaban J connectivity index is 0.00000162. The molecule has 3 nitrogen and oxygen atoms in total. The molecule has 1 aromatic carbocycles. The van der Waals surface area contributed by atoms with Gasteiger partial charge < -0.3 is 10.1 Å². The molecule has 1 saturated heterocycles. The maximum Gasteiger partial charge on any atom is 0.407 e. The van der Waals surface area contributed by atoms with Crippen molar-refractivity contribution in [3.05, 3.63) is 33.8 Å². The average molecular weight is 311 g/mol. The number of cyclic esters (lactones) is 1. The molecule has 18 heavy (non-hydrogen) atoms. The van der Waals surface area contributed by atoms with Crippen LogP contribution < -0.4 is 5.32 Å². The Morgan fingerprint density at radius 1 is 1.33 bits per heavy atom. The largest absolute Gasteiger partial charge is 0.449 e. The van der Waals surface area contributed by atoms with E-state index in [4.69, 9.17) is 27.9 Å². The zero-order valence-corrected chi connectivity index (χ0v) is 12.3. The number of rotatable bonds is 1. The quantitative estimate of drug-likeness (QED) is 0.843. The number of alkyl carbamates (subject to hydrolysis) is 1. The van der Waals surface area contributed by atoms with Gasteiger partial charge in [-0.05, 0) is 17.7 Å². The molecule has 100 valence electrons. The molecule has 0 bridgehead atoms. The lowest BCUT2D eigenvalue weighted by molar-refractivity contribution is 0.0387. The third-order valence-corrected chi connectivity index (χ3v) is 3.63. The van der Waals surface area contributed by atoms with E-state index in [1.54, 1.807) is 12.1 Å². The molecule has 1 aliphatic rings. The van der Waals surface area contributed by atoms with Gasteiger partial charge >= 0.3 is 6.09 Å². The highest BCUT2D eigenvalue weighted by molar-refractivity contribution is 6.42. The van der Waals surface area contributed by atoms with Gasteiger partial charge in [0.05, 0.1) is 16.1 Å². The number of carbonyl (C=O) groups excluding carboxylic acids is 1. The van der Waals surface area contributed by atoms with Gasteiger partial charge in [0.15, 0.2) is 0 Å². The fourth-order valence-electron chi connectivity index (χ4n) is 1.92. The topological polar surface area (TPSA) is 38.3 Å². The predicted molar refractivity (Wildman–Crippen MR) is 74.7 cm³/mol. The Kier molecular flexibility index (Phi) is 4.76. The predicted octanol–water partition coefficient (Wildman–Crippen LogP) is 4.22. The molecule has 0 radical (unpaired) electrons. The zero-order valence-electron chi connectivity index (χ0n) is 10.00. The molecule has 1 N–H and O–H groups in total. The van der Waals surface area contributed by atoms with Crippen molar-refractivity contribution in [1.29, 1.82) is 0 Å². The molecule has 1 heterocycles. The van der Waals surface area contributed by atoms with E-state index in [0.29, 0.717) is 16.7 Å². The van der Waals surface area contributed by atoms with Gasteiger partial charge in [-0.2, -0.15) is 0 Å². The Morgan fingerprint density at radius 3 is 2.61 bits per heavy atom. The van der Waals surface area contributed by atoms with Gasteiger partial charge in [0.1, 0.15) is 6.61 Å². The van der Waals surface area contributed by atoms with Crippen LogP contribution in [0.1, 0.15) is 25.5 Å². The third kappa shape index (κ3) is 3.02. The molecule has 2 rings (SSSR count). The molecule has 0 unspecified atom stereocenters. The van der Waals surface area contributed by atoms with Gasteiger partial charge in [-0.15, -0.1) is 12.4 Å². The first-order valence-electron chi connectivity index (χ1n) is 5.28. The summed E-state index contributed by atoms with van der Waals surface area (Å²) in [6.07, 6.45) is -0.402. The first-order chi connectivity index (χ1) is 7.90. The number of halogens is 3. The molecule has 1 atom stereocenters. The number of amides is 1. The van der Waals surface area contributed by atoms with E-state index in [9.17, 15) is 4.79 Å². The normalized spacial score (nSPS) is 21.6. The highest BCUT2D eigenvalue weighted by Gasteiger charge is 2.37. The van der Waals surface area contributed by atoms with Gasteiger partial charge in [0.2, 0.25) is 0 Å². The molecule has 1 aliphatic heterocycles. The molecule has 0 aromatic heterocycles. The van der Waals surface area contributed by atoms with Gasteiger partial charge in [-0.1, -0.05) is 43.1 Å². The molecule has 1 amide bonds. The molecule has 1 aromatic rings. The number of carbonyl (C=O) groups is 1. The van der Waals surface area contributed by atoms with Gasteiger partial charge in [0, 0.05) is 5.41 Å². The maximum absolute atomic E-state index is 11.3. The summed E-state index contributed by atoms with van der Waals surface area (Å²) in [4.78, 5) is 11.3. The average Bonchev–Trinajstić information content (AvgIpc) is 2.26. The van der Waals surface area contributed by atoms with Crippen LogP contribution in [0.2, 0.25) is 10.0 Å². The molecule has 0 aliphatic carbocycles. The van der Waals surface area contributed by atoms with E-state index in [-0.39, 0.29) is 23.9 Å². The van der Waals surface area contributed by atoms with Crippen molar-refractivity contribution in [1.82, 2.24) is 5.32 Å². The van der Waals surface area contributed by atoms with Crippen LogP contribution in [0.25, 0.3) is 0 Å². The fraction of sp³-hybridized carbons (Fsp3) is 0.417. The lowest BCUT2D eigenvalue weighted by Gasteiger charge is -2.38. The van der Waals surface area contributed by atoms with Crippen molar-refractivity contribution in [2.75, 3.05) is 6.61 Å². The summed E-state index contributed by atoms with van der Waals surface area (Å²) in [7, 11) is 0. The second-order valence-electron chi connectivity index (χ2n) is 4.82. The molecule has 6 heteroatoms. The van der Waals surface area contributed by atoms with Gasteiger partial charge in [-0.25, -0.2) is 4.79 Å². The molecular formula is C12H14Cl3NO2. The number of nitrogens with one attached hydrogen (secondary N) is 1. The number of benzene rings is 1. The summed E-state index contributed by atoms with van der Waals surface area (Å²) in [6.45, 7) is 4.43. The van der Waals surface area contributed by atoms with Crippen molar-refractivity contribution in [3.8, 4) is 0 Å². The van der Waals surface area contributed by atoms with Crippen LogP contribution in [-0.2, 0) is 4.74 Å². The van der Waals surface area contributed by atoms with Crippen LogP contribution in [0.15, 0.2) is 18.2 Å². The lowest BCUT2D eigenvalue weighted by Crippen LogP contribution is -2.46. The summed E-state index contributed by atoms with van der Waals surface area (Å²) < 4.78 is 4.99. The van der Waals surface area contributed by atoms with Crippen molar-refractivity contribution < 1.29 is 9.53 Å². The van der Waals surface area contributed by atoms with Crippen molar-refractivity contribution in [2.24, 2.45) is 5.41 Å². The van der Waals surface area contributed by atoms with Crippen LogP contribution in [0.3, 0.4) is 0 Å². The molecule has 1 fully saturated rings. The summed E-state index contributed by atoms with van der Waals surface area (Å²) in [6, 6.07) is 5.25. The van der Waals surface area contributed by atoms with Crippen LogP contribution >= 0.6 is 35.6 Å². The Labute approximate surface area is 122 Å². The van der Waals surface area contributed by atoms with E-state index >= 15 is 0 Å². The molecule has 0 spiro atoms. The second kappa shape index (κ2) is 5.55. The van der Waals surface area contributed by atoms with Crippen LogP contribution in [0.4, 0.5) is 4.79 Å². The smallest absolute Gasteiger partial charge is 0.407 e. The first-order valence-corrected chi connectivity index (χ1v) is 6.04. The van der Waals surface area contributed by atoms with E-state index in [0.717, 1.165) is 5.56 Å². The van der Waals surface area contributed by atoms with E-state index < -0.39 is 6.09 Å². The Bertz CT molecular complexity index is 463. The summed E-state index contributed by atoms with van der Waals surface area (Å²) in [5, 5.41) is 3.80. The number of hydrogen-bond donors (Lipinski definition) is 1. The molecule has 0 saturated carbocycles. The standard InChI is InChI=1S/C12H13Cl2NO2.ClH/c1-12(2)6-17-11(16)15-10(12)7-3-4-8(13)9(14)5-7;/h3-5,10H,6H2,1-2H3,(H,15,16);1H/t10-;/m1./s1. The van der Waals surface area contributed by atoms with Crippen LogP contribution in [-0.4, -0.2) is 12.7 Å². The van der Waals surface area contributed by atoms with E-state index in [2.05, 4.69) is 5.32 Å². The summed E-state index contributed by atoms with van der Waals surface area (Å²) >= 11 is 11.9. The van der Waals surface area contributed by atoms with Gasteiger partial charge in [-0.3, -0.25) is 0 Å². The van der Waals surface area contributed by atoms with Crippen LogP contribution in [0, 0.1) is 5.41 Å². The Hall–Kier alpha value is -0.640. The first kappa shape index (κ1) is 15.4. The minimum absolute atomic E-state index is 0. The minimum atomic E-state index is -0.402. The maximum atomic E-state index is 11.3. The van der Waals surface area contributed by atoms with Gasteiger partial charge in [0.25, 0.3) is 0 Å². The third-order valence-electron chi connectivity index (χ3n) is 2.90. The highest BCUT2D eigenvalue weighted by Crippen LogP contribution is 2.38. The monoisotopic (exact) mass is 309 g/mol. The zero-order chi connectivity index (χ0) is 12.6. The second-order valence-corrected chi connectivity index (χ2v) is 5.63. The van der Waals surface area contributed by atoms with E-state index in [1.807, 2.05) is 19.9 Å². The van der Waals surface area contributed by atoms with Crippen molar-refractivity contribution >= 4 is 41.7 Å². The van der Waals surface area contributed by atoms with E-state index in [1.165, 1.54) is 0 Å². The highest BCUT2D eigenvalue weighted by atomic mass is 35.5.